The van der Waals surface area contributed by atoms with Crippen molar-refractivity contribution in [2.24, 2.45) is 0 Å². The summed E-state index contributed by atoms with van der Waals surface area (Å²) in [7, 11) is 0. The number of hydrogen-bond donors (Lipinski definition) is 0. The molecule has 0 aromatic heterocycles. The topological polar surface area (TPSA) is 132 Å². The normalized spacial score (nSPS) is 13.4. The quantitative estimate of drug-likeness (QED) is 0.288. The van der Waals surface area contributed by atoms with Gasteiger partial charge in [0, 0.05) is 58.2 Å². The smallest absolute Gasteiger partial charge is 0.308 e. The van der Waals surface area contributed by atoms with E-state index in [2.05, 4.69) is 0 Å². The summed E-state index contributed by atoms with van der Waals surface area (Å²) in [6, 6.07) is 14.5. The average Bonchev–Trinajstić information content (AvgIpc) is 3.22. The third-order valence-corrected chi connectivity index (χ3v) is 5.78. The van der Waals surface area contributed by atoms with E-state index in [9.17, 15) is 24.0 Å². The van der Waals surface area contributed by atoms with Crippen molar-refractivity contribution in [2.45, 2.75) is 40.5 Å². The molecule has 1 aliphatic rings. The number of carbonyl (C=O) groups excluding carboxylic acids is 5. The summed E-state index contributed by atoms with van der Waals surface area (Å²) in [4.78, 5) is 58.8. The number of hydrogen-bond acceptors (Lipinski definition) is 10. The van der Waals surface area contributed by atoms with E-state index in [0.717, 1.165) is 11.1 Å². The average molecular weight is 559 g/mol. The number of rotatable bonds is 7. The van der Waals surface area contributed by atoms with Crippen molar-refractivity contribution < 1.29 is 47.7 Å². The first-order chi connectivity index (χ1) is 19.4. The van der Waals surface area contributed by atoms with E-state index in [1.807, 2.05) is 6.08 Å². The van der Waals surface area contributed by atoms with Crippen molar-refractivity contribution in [3.8, 4) is 28.7 Å². The molecule has 3 aromatic carbocycles. The van der Waals surface area contributed by atoms with E-state index in [0.29, 0.717) is 22.4 Å². The Kier molecular flexibility index (Phi) is 8.32. The van der Waals surface area contributed by atoms with Gasteiger partial charge in [0.05, 0.1) is 0 Å². The van der Waals surface area contributed by atoms with Crippen molar-refractivity contribution >= 4 is 41.5 Å². The maximum Gasteiger partial charge on any atom is 0.308 e. The number of esters is 5. The van der Waals surface area contributed by atoms with Gasteiger partial charge in [0.25, 0.3) is 0 Å². The van der Waals surface area contributed by atoms with Crippen LogP contribution in [-0.2, 0) is 24.0 Å². The largest absolute Gasteiger partial charge is 0.427 e. The summed E-state index contributed by atoms with van der Waals surface area (Å²) in [5, 5.41) is 0. The first-order valence-electron chi connectivity index (χ1n) is 12.5. The Morgan fingerprint density at radius 3 is 1.49 bits per heavy atom. The van der Waals surface area contributed by atoms with Gasteiger partial charge in [-0.15, -0.1) is 0 Å². The molecule has 0 aliphatic heterocycles. The highest BCUT2D eigenvalue weighted by Crippen LogP contribution is 2.52. The van der Waals surface area contributed by atoms with Crippen LogP contribution in [0.2, 0.25) is 0 Å². The van der Waals surface area contributed by atoms with Gasteiger partial charge in [0.15, 0.2) is 0 Å². The fourth-order valence-electron chi connectivity index (χ4n) is 4.61. The molecule has 0 saturated heterocycles. The van der Waals surface area contributed by atoms with E-state index in [-0.39, 0.29) is 23.0 Å². The second-order valence-electron chi connectivity index (χ2n) is 9.19. The molecule has 0 bridgehead atoms. The van der Waals surface area contributed by atoms with E-state index in [1.54, 1.807) is 42.5 Å². The molecule has 1 aliphatic carbocycles. The molecular weight excluding hydrogens is 532 g/mol. The highest BCUT2D eigenvalue weighted by molar-refractivity contribution is 5.96. The van der Waals surface area contributed by atoms with E-state index in [1.165, 1.54) is 46.8 Å². The maximum absolute atomic E-state index is 12.1. The summed E-state index contributed by atoms with van der Waals surface area (Å²) < 4.78 is 26.7. The molecule has 1 unspecified atom stereocenters. The molecular formula is C31H26O10. The van der Waals surface area contributed by atoms with Crippen molar-refractivity contribution in [3.63, 3.8) is 0 Å². The van der Waals surface area contributed by atoms with Crippen LogP contribution in [0, 0.1) is 0 Å². The highest BCUT2D eigenvalue weighted by atomic mass is 16.6. The van der Waals surface area contributed by atoms with Crippen LogP contribution in [0.25, 0.3) is 11.6 Å². The zero-order valence-corrected chi connectivity index (χ0v) is 22.9. The number of benzene rings is 3. The molecule has 0 fully saturated rings. The van der Waals surface area contributed by atoms with Gasteiger partial charge >= 0.3 is 29.8 Å². The molecule has 3 aromatic rings. The maximum atomic E-state index is 12.1. The Balaban J connectivity index is 1.96. The molecule has 0 spiro atoms. The van der Waals surface area contributed by atoms with Gasteiger partial charge in [-0.25, -0.2) is 0 Å². The van der Waals surface area contributed by atoms with Gasteiger partial charge in [0.2, 0.25) is 0 Å². The zero-order chi connectivity index (χ0) is 29.8. The zero-order valence-electron chi connectivity index (χ0n) is 22.9. The summed E-state index contributed by atoms with van der Waals surface area (Å²) >= 11 is 0. The fraction of sp³-hybridized carbons (Fsp3) is 0.194. The Hall–Kier alpha value is -5.25. The Bertz CT molecular complexity index is 1560. The standard InChI is InChI=1S/C31H26O10/c1-16(32)37-24-8-6-21(7-9-24)28-13-23-12-27(40-19(4)35)15-29(41-20(5)36)31(23)30(28)22-10-25(38-17(2)33)14-26(11-22)39-18(3)34/h6-15,30H,1-5H3. The van der Waals surface area contributed by atoms with Crippen LogP contribution in [0.5, 0.6) is 28.7 Å². The number of allylic oxidation sites excluding steroid dienone is 1. The van der Waals surface area contributed by atoms with Crippen LogP contribution < -0.4 is 23.7 Å². The molecule has 4 rings (SSSR count). The van der Waals surface area contributed by atoms with Crippen LogP contribution in [0.4, 0.5) is 0 Å². The molecule has 0 saturated carbocycles. The van der Waals surface area contributed by atoms with Gasteiger partial charge in [-0.2, -0.15) is 0 Å². The first-order valence-corrected chi connectivity index (χ1v) is 12.5. The monoisotopic (exact) mass is 558 g/mol. The molecule has 210 valence electrons. The van der Waals surface area contributed by atoms with Crippen LogP contribution in [0.1, 0.15) is 62.8 Å². The summed E-state index contributed by atoms with van der Waals surface area (Å²) in [5.74, 6) is -2.47. The minimum atomic E-state index is -0.630. The van der Waals surface area contributed by atoms with Crippen LogP contribution in [0.15, 0.2) is 54.6 Å². The fourth-order valence-corrected chi connectivity index (χ4v) is 4.61. The number of ether oxygens (including phenoxy) is 5. The lowest BCUT2D eigenvalue weighted by Crippen LogP contribution is -2.11. The van der Waals surface area contributed by atoms with Gasteiger partial charge in [-0.1, -0.05) is 12.1 Å². The Morgan fingerprint density at radius 1 is 0.537 bits per heavy atom. The van der Waals surface area contributed by atoms with Gasteiger partial charge in [0.1, 0.15) is 28.7 Å². The second kappa shape index (κ2) is 11.9. The lowest BCUT2D eigenvalue weighted by atomic mass is 9.84. The second-order valence-corrected chi connectivity index (χ2v) is 9.19. The SMILES string of the molecule is CC(=O)Oc1ccc(C2=Cc3cc(OC(C)=O)cc(OC(C)=O)c3C2c2cc(OC(C)=O)cc(OC(C)=O)c2)cc1. The van der Waals surface area contributed by atoms with Crippen LogP contribution in [0.3, 0.4) is 0 Å². The van der Waals surface area contributed by atoms with Gasteiger partial charge in [-0.3, -0.25) is 24.0 Å². The summed E-state index contributed by atoms with van der Waals surface area (Å²) in [6.07, 6.45) is 1.84. The predicted octanol–water partition coefficient (Wildman–Crippen LogP) is 5.00. The van der Waals surface area contributed by atoms with Crippen molar-refractivity contribution in [3.05, 3.63) is 76.9 Å². The molecule has 41 heavy (non-hydrogen) atoms. The summed E-state index contributed by atoms with van der Waals surface area (Å²) in [5.41, 5.74) is 3.14. The van der Waals surface area contributed by atoms with Crippen molar-refractivity contribution in [1.29, 1.82) is 0 Å². The highest BCUT2D eigenvalue weighted by Gasteiger charge is 2.33. The van der Waals surface area contributed by atoms with Gasteiger partial charge < -0.3 is 23.7 Å². The molecule has 0 N–H and O–H groups in total. The van der Waals surface area contributed by atoms with Gasteiger partial charge in [-0.05, 0) is 58.7 Å². The molecule has 10 nitrogen and oxygen atoms in total. The lowest BCUT2D eigenvalue weighted by Gasteiger charge is -2.22. The molecule has 10 heteroatoms. The van der Waals surface area contributed by atoms with E-state index in [4.69, 9.17) is 23.7 Å². The molecule has 0 radical (unpaired) electrons. The summed E-state index contributed by atoms with van der Waals surface area (Å²) in [6.45, 7) is 6.29. The molecule has 0 heterocycles. The predicted molar refractivity (Wildman–Crippen MR) is 146 cm³/mol. The first kappa shape index (κ1) is 28.8. The minimum Gasteiger partial charge on any atom is -0.427 e. The third-order valence-electron chi connectivity index (χ3n) is 5.78. The minimum absolute atomic E-state index is 0.134. The Morgan fingerprint density at radius 2 is 1.00 bits per heavy atom. The van der Waals surface area contributed by atoms with Crippen molar-refractivity contribution in [1.82, 2.24) is 0 Å². The third kappa shape index (κ3) is 7.04. The molecule has 0 amide bonds. The number of fused-ring (bicyclic) bond motifs is 1. The molecule has 1 atom stereocenters. The number of carbonyl (C=O) groups is 5. The van der Waals surface area contributed by atoms with Crippen LogP contribution >= 0.6 is 0 Å². The lowest BCUT2D eigenvalue weighted by molar-refractivity contribution is -0.133. The Labute approximate surface area is 235 Å². The van der Waals surface area contributed by atoms with Crippen molar-refractivity contribution in [2.75, 3.05) is 0 Å². The van der Waals surface area contributed by atoms with E-state index < -0.39 is 35.8 Å². The van der Waals surface area contributed by atoms with E-state index >= 15 is 0 Å². The van der Waals surface area contributed by atoms with Crippen LogP contribution in [-0.4, -0.2) is 29.8 Å².